The molecule has 0 amide bonds. The van der Waals surface area contributed by atoms with Gasteiger partial charge in [-0.3, -0.25) is 14.0 Å². The highest BCUT2D eigenvalue weighted by molar-refractivity contribution is 7.85. The first-order valence-electron chi connectivity index (χ1n) is 10.9. The Labute approximate surface area is 209 Å². The van der Waals surface area contributed by atoms with Crippen LogP contribution in [0.25, 0.3) is 22.3 Å². The highest BCUT2D eigenvalue weighted by Crippen LogP contribution is 2.29. The topological polar surface area (TPSA) is 88.1 Å². The minimum atomic E-state index is -0.503. The molecule has 1 fully saturated rings. The number of rotatable bonds is 4. The summed E-state index contributed by atoms with van der Waals surface area (Å²) in [7, 11) is 1.56. The average molecular weight is 512 g/mol. The van der Waals surface area contributed by atoms with Gasteiger partial charge in [-0.15, -0.1) is 0 Å². The third kappa shape index (κ3) is 6.45. The summed E-state index contributed by atoms with van der Waals surface area (Å²) >= 11 is 5.87. The second-order valence-corrected chi connectivity index (χ2v) is 10.0. The molecular weight excluding hydrogens is 489 g/mol. The predicted molar refractivity (Wildman–Crippen MR) is 138 cm³/mol. The van der Waals surface area contributed by atoms with E-state index in [2.05, 4.69) is 32.2 Å². The van der Waals surface area contributed by atoms with E-state index in [0.717, 1.165) is 36.4 Å². The Bertz CT molecular complexity index is 1360. The molecule has 0 spiro atoms. The van der Waals surface area contributed by atoms with Gasteiger partial charge in [-0.2, -0.15) is 0 Å². The van der Waals surface area contributed by atoms with Crippen molar-refractivity contribution in [3.63, 3.8) is 0 Å². The largest absolute Gasteiger partial charge is 0.340 e. The first kappa shape index (κ1) is 24.8. The van der Waals surface area contributed by atoms with Crippen LogP contribution in [-0.2, 0) is 10.8 Å². The summed E-state index contributed by atoms with van der Waals surface area (Å²) in [6.45, 7) is 2.01. The van der Waals surface area contributed by atoms with Crippen molar-refractivity contribution < 1.29 is 13.4 Å². The third-order valence-electron chi connectivity index (χ3n) is 5.36. The molecule has 0 aliphatic carbocycles. The second kappa shape index (κ2) is 11.4. The number of benzene rings is 2. The Hall–Kier alpha value is -3.27. The average Bonchev–Trinajstić information content (AvgIpc) is 2.88. The van der Waals surface area contributed by atoms with Crippen LogP contribution in [0.4, 0.5) is 15.9 Å². The van der Waals surface area contributed by atoms with Crippen LogP contribution in [0.5, 0.6) is 0 Å². The zero-order valence-electron chi connectivity index (χ0n) is 18.9. The SMILES string of the molecule is CN1CCS(=O)CC1.O=Cc1ccc2c(Nc3ccc(F)c(Cl)c3)nc(-c3cccnc3)nc2c1. The first-order valence-corrected chi connectivity index (χ1v) is 12.7. The maximum absolute atomic E-state index is 13.4. The molecule has 180 valence electrons. The van der Waals surface area contributed by atoms with Gasteiger partial charge in [-0.1, -0.05) is 17.7 Å². The maximum Gasteiger partial charge on any atom is 0.163 e. The summed E-state index contributed by atoms with van der Waals surface area (Å²) in [5.41, 5.74) is 2.42. The van der Waals surface area contributed by atoms with E-state index in [0.29, 0.717) is 33.8 Å². The van der Waals surface area contributed by atoms with Crippen LogP contribution in [0.1, 0.15) is 10.4 Å². The number of hydrogen-bond donors (Lipinski definition) is 1. The Morgan fingerprint density at radius 3 is 2.57 bits per heavy atom. The second-order valence-electron chi connectivity index (χ2n) is 7.94. The van der Waals surface area contributed by atoms with E-state index in [1.54, 1.807) is 42.7 Å². The molecule has 1 saturated heterocycles. The highest BCUT2D eigenvalue weighted by atomic mass is 35.5. The number of nitrogens with one attached hydrogen (secondary N) is 1. The molecule has 35 heavy (non-hydrogen) atoms. The lowest BCUT2D eigenvalue weighted by Crippen LogP contribution is -2.34. The zero-order chi connectivity index (χ0) is 24.8. The van der Waals surface area contributed by atoms with Crippen LogP contribution >= 0.6 is 11.6 Å². The lowest BCUT2D eigenvalue weighted by atomic mass is 10.1. The van der Waals surface area contributed by atoms with Gasteiger partial charge >= 0.3 is 0 Å². The lowest BCUT2D eigenvalue weighted by Gasteiger charge is -2.20. The van der Waals surface area contributed by atoms with Gasteiger partial charge in [0.2, 0.25) is 0 Å². The van der Waals surface area contributed by atoms with Gasteiger partial charge in [0, 0.05) is 70.0 Å². The van der Waals surface area contributed by atoms with E-state index >= 15 is 0 Å². The highest BCUT2D eigenvalue weighted by Gasteiger charge is 2.12. The molecule has 0 saturated carbocycles. The zero-order valence-corrected chi connectivity index (χ0v) is 20.5. The number of pyridine rings is 1. The Balaban J connectivity index is 0.000000308. The number of aldehydes is 1. The van der Waals surface area contributed by atoms with Gasteiger partial charge in [0.25, 0.3) is 0 Å². The number of nitrogens with zero attached hydrogens (tertiary/aromatic N) is 4. The Morgan fingerprint density at radius 2 is 1.91 bits per heavy atom. The van der Waals surface area contributed by atoms with Crippen molar-refractivity contribution in [3.8, 4) is 11.4 Å². The van der Waals surface area contributed by atoms with Gasteiger partial charge in [0.05, 0.1) is 10.5 Å². The fourth-order valence-corrected chi connectivity index (χ4v) is 4.79. The molecule has 3 heterocycles. The van der Waals surface area contributed by atoms with Crippen LogP contribution in [0, 0.1) is 5.82 Å². The van der Waals surface area contributed by atoms with Crippen molar-refractivity contribution in [3.05, 3.63) is 77.3 Å². The van der Waals surface area contributed by atoms with Crippen molar-refractivity contribution in [2.45, 2.75) is 0 Å². The van der Waals surface area contributed by atoms with E-state index in [-0.39, 0.29) is 5.02 Å². The molecule has 7 nitrogen and oxygen atoms in total. The van der Waals surface area contributed by atoms with Crippen molar-refractivity contribution in [1.29, 1.82) is 0 Å². The fourth-order valence-electron chi connectivity index (χ4n) is 3.38. The van der Waals surface area contributed by atoms with Crippen molar-refractivity contribution in [2.75, 3.05) is 37.0 Å². The Morgan fingerprint density at radius 1 is 1.11 bits per heavy atom. The molecule has 1 N–H and O–H groups in total. The fraction of sp³-hybridized carbons (Fsp3) is 0.200. The standard InChI is InChI=1S/C20H12ClFN4O.C5H11NOS/c21-16-9-14(4-6-17(16)22)24-20-15-5-3-12(11-27)8-18(15)25-19(26-20)13-2-1-7-23-10-13;1-6-2-4-8(7)5-3-6/h1-11H,(H,24,25,26);2-5H2,1H3. The Kier molecular flexibility index (Phi) is 8.12. The quantitative estimate of drug-likeness (QED) is 0.396. The van der Waals surface area contributed by atoms with Crippen LogP contribution in [0.3, 0.4) is 0 Å². The van der Waals surface area contributed by atoms with Crippen LogP contribution in [-0.4, -0.2) is 62.0 Å². The molecular formula is C25H23ClFN5O2S. The number of carbonyl (C=O) groups is 1. The number of halogens is 2. The molecule has 0 bridgehead atoms. The number of anilines is 2. The van der Waals surface area contributed by atoms with Crippen LogP contribution < -0.4 is 5.32 Å². The predicted octanol–water partition coefficient (Wildman–Crippen LogP) is 4.72. The van der Waals surface area contributed by atoms with E-state index < -0.39 is 16.6 Å². The summed E-state index contributed by atoms with van der Waals surface area (Å²) in [6, 6.07) is 13.1. The molecule has 0 unspecified atom stereocenters. The third-order valence-corrected chi connectivity index (χ3v) is 6.93. The maximum atomic E-state index is 13.4. The lowest BCUT2D eigenvalue weighted by molar-refractivity contribution is 0.112. The van der Waals surface area contributed by atoms with Crippen LogP contribution in [0.2, 0.25) is 5.02 Å². The van der Waals surface area contributed by atoms with Gasteiger partial charge in [0.1, 0.15) is 17.9 Å². The molecule has 0 atom stereocenters. The molecule has 4 aromatic rings. The van der Waals surface area contributed by atoms with Gasteiger partial charge in [-0.25, -0.2) is 14.4 Å². The van der Waals surface area contributed by atoms with E-state index in [1.165, 1.54) is 12.1 Å². The number of fused-ring (bicyclic) bond motifs is 1. The summed E-state index contributed by atoms with van der Waals surface area (Å²) in [4.78, 5) is 26.6. The first-order chi connectivity index (χ1) is 16.9. The molecule has 2 aromatic heterocycles. The van der Waals surface area contributed by atoms with Gasteiger partial charge in [0.15, 0.2) is 5.82 Å². The van der Waals surface area contributed by atoms with E-state index in [9.17, 15) is 13.4 Å². The summed E-state index contributed by atoms with van der Waals surface area (Å²) < 4.78 is 24.1. The number of aromatic nitrogens is 3. The van der Waals surface area contributed by atoms with E-state index in [1.807, 2.05) is 6.07 Å². The molecule has 2 aromatic carbocycles. The van der Waals surface area contributed by atoms with Crippen molar-refractivity contribution >= 4 is 51.1 Å². The molecule has 1 aliphatic heterocycles. The number of hydrogen-bond acceptors (Lipinski definition) is 7. The summed E-state index contributed by atoms with van der Waals surface area (Å²) in [5.74, 6) is 2.21. The normalized spacial score (nSPS) is 14.3. The molecule has 5 rings (SSSR count). The van der Waals surface area contributed by atoms with E-state index in [4.69, 9.17) is 11.6 Å². The minimum Gasteiger partial charge on any atom is -0.340 e. The molecule has 10 heteroatoms. The van der Waals surface area contributed by atoms with Crippen molar-refractivity contribution in [1.82, 2.24) is 19.9 Å². The minimum absolute atomic E-state index is 0.00841. The summed E-state index contributed by atoms with van der Waals surface area (Å²) in [6.07, 6.45) is 4.08. The molecule has 0 radical (unpaired) electrons. The van der Waals surface area contributed by atoms with Gasteiger partial charge < -0.3 is 10.2 Å². The van der Waals surface area contributed by atoms with Crippen molar-refractivity contribution in [2.24, 2.45) is 0 Å². The smallest absolute Gasteiger partial charge is 0.163 e. The number of carbonyl (C=O) groups excluding carboxylic acids is 1. The van der Waals surface area contributed by atoms with Crippen LogP contribution in [0.15, 0.2) is 60.9 Å². The summed E-state index contributed by atoms with van der Waals surface area (Å²) in [5, 5.41) is 3.88. The van der Waals surface area contributed by atoms with Gasteiger partial charge in [-0.05, 0) is 49.5 Å². The molecule has 1 aliphatic rings. The monoisotopic (exact) mass is 511 g/mol.